The van der Waals surface area contributed by atoms with E-state index in [2.05, 4.69) is 18.3 Å². The van der Waals surface area contributed by atoms with Crippen LogP contribution in [0.3, 0.4) is 0 Å². The molecule has 102 valence electrons. The Morgan fingerprint density at radius 1 is 1.47 bits per heavy atom. The summed E-state index contributed by atoms with van der Waals surface area (Å²) in [4.78, 5) is 1.05. The van der Waals surface area contributed by atoms with Gasteiger partial charge in [0.05, 0.1) is 17.9 Å². The van der Waals surface area contributed by atoms with E-state index < -0.39 is 0 Å². The molecule has 0 atom stereocenters. The second-order valence-corrected chi connectivity index (χ2v) is 5.97. The summed E-state index contributed by atoms with van der Waals surface area (Å²) in [5, 5.41) is 12.6. The van der Waals surface area contributed by atoms with Crippen LogP contribution in [0.25, 0.3) is 0 Å². The maximum atomic E-state index is 9.28. The van der Waals surface area contributed by atoms with E-state index in [9.17, 15) is 5.26 Å². The molecule has 19 heavy (non-hydrogen) atoms. The van der Waals surface area contributed by atoms with E-state index >= 15 is 0 Å². The summed E-state index contributed by atoms with van der Waals surface area (Å²) in [6, 6.07) is 8.25. The highest BCUT2D eigenvalue weighted by atomic mass is 32.2. The molecule has 1 fully saturated rings. The number of ether oxygens (including phenoxy) is 1. The molecule has 1 aromatic carbocycles. The van der Waals surface area contributed by atoms with Gasteiger partial charge in [0.2, 0.25) is 0 Å². The Kier molecular flexibility index (Phi) is 5.56. The second kappa shape index (κ2) is 7.42. The number of hydrogen-bond acceptors (Lipinski definition) is 4. The zero-order valence-corrected chi connectivity index (χ0v) is 12.1. The van der Waals surface area contributed by atoms with Gasteiger partial charge >= 0.3 is 0 Å². The number of rotatable bonds is 8. The van der Waals surface area contributed by atoms with Crippen LogP contribution in [0, 0.1) is 17.2 Å². The molecule has 0 bridgehead atoms. The minimum atomic E-state index is 0.701. The average molecular weight is 276 g/mol. The molecule has 0 aliphatic heterocycles. The van der Waals surface area contributed by atoms with E-state index in [0.29, 0.717) is 6.61 Å². The molecule has 0 saturated heterocycles. The lowest BCUT2D eigenvalue weighted by atomic mass is 10.2. The van der Waals surface area contributed by atoms with Crippen molar-refractivity contribution in [1.82, 2.24) is 0 Å². The van der Waals surface area contributed by atoms with Crippen molar-refractivity contribution in [2.45, 2.75) is 24.7 Å². The first-order valence-electron chi connectivity index (χ1n) is 6.82. The number of nitrogens with one attached hydrogen (secondary N) is 1. The molecule has 1 aromatic rings. The van der Waals surface area contributed by atoms with Gasteiger partial charge in [0, 0.05) is 18.0 Å². The Balaban J connectivity index is 1.84. The second-order valence-electron chi connectivity index (χ2n) is 4.67. The topological polar surface area (TPSA) is 45.0 Å². The van der Waals surface area contributed by atoms with Gasteiger partial charge in [0.1, 0.15) is 6.07 Å². The van der Waals surface area contributed by atoms with E-state index in [4.69, 9.17) is 4.74 Å². The fraction of sp³-hybridized carbons (Fsp3) is 0.533. The molecule has 1 saturated carbocycles. The third-order valence-corrected chi connectivity index (χ3v) is 3.99. The lowest BCUT2D eigenvalue weighted by Crippen LogP contribution is -2.11. The van der Waals surface area contributed by atoms with Crippen LogP contribution < -0.4 is 5.32 Å². The summed E-state index contributed by atoms with van der Waals surface area (Å²) in [6.07, 6.45) is 2.64. The van der Waals surface area contributed by atoms with Crippen molar-refractivity contribution in [2.24, 2.45) is 5.92 Å². The summed E-state index contributed by atoms with van der Waals surface area (Å²) >= 11 is 1.70. The van der Waals surface area contributed by atoms with E-state index in [0.717, 1.165) is 41.0 Å². The van der Waals surface area contributed by atoms with Gasteiger partial charge in [0.15, 0.2) is 0 Å². The Morgan fingerprint density at radius 2 is 2.32 bits per heavy atom. The molecule has 3 nitrogen and oxygen atoms in total. The molecule has 1 aliphatic rings. The van der Waals surface area contributed by atoms with Crippen molar-refractivity contribution >= 4 is 17.4 Å². The van der Waals surface area contributed by atoms with Gasteiger partial charge in [-0.3, -0.25) is 0 Å². The number of nitrogens with zero attached hydrogens (tertiary/aromatic N) is 1. The Morgan fingerprint density at radius 3 is 3.00 bits per heavy atom. The zero-order valence-electron chi connectivity index (χ0n) is 11.3. The van der Waals surface area contributed by atoms with Gasteiger partial charge in [-0.25, -0.2) is 0 Å². The predicted octanol–water partition coefficient (Wildman–Crippen LogP) is 3.51. The summed E-state index contributed by atoms with van der Waals surface area (Å²) in [5.41, 5.74) is 1.66. The SMILES string of the molecule is CCSc1cccc(NCCOCC2CC2)c1C#N. The Bertz CT molecular complexity index is 452. The van der Waals surface area contributed by atoms with E-state index in [1.165, 1.54) is 12.8 Å². The molecular formula is C15H20N2OS. The van der Waals surface area contributed by atoms with Crippen LogP contribution in [0.1, 0.15) is 25.3 Å². The number of anilines is 1. The van der Waals surface area contributed by atoms with Crippen molar-refractivity contribution < 1.29 is 4.74 Å². The number of hydrogen-bond donors (Lipinski definition) is 1. The van der Waals surface area contributed by atoms with Gasteiger partial charge in [-0.05, 0) is 36.6 Å². The molecule has 0 heterocycles. The molecule has 1 N–H and O–H groups in total. The molecule has 1 aliphatic carbocycles. The van der Waals surface area contributed by atoms with Crippen LogP contribution >= 0.6 is 11.8 Å². The highest BCUT2D eigenvalue weighted by Crippen LogP contribution is 2.29. The lowest BCUT2D eigenvalue weighted by Gasteiger charge is -2.11. The van der Waals surface area contributed by atoms with Gasteiger partial charge in [-0.2, -0.15) is 5.26 Å². The molecular weight excluding hydrogens is 256 g/mol. The van der Waals surface area contributed by atoms with Crippen molar-refractivity contribution in [1.29, 1.82) is 5.26 Å². The zero-order chi connectivity index (χ0) is 13.5. The standard InChI is InChI=1S/C15H20N2OS/c1-2-19-15-5-3-4-14(13(15)10-16)17-8-9-18-11-12-6-7-12/h3-5,12,17H,2,6-9,11H2,1H3. The lowest BCUT2D eigenvalue weighted by molar-refractivity contribution is 0.134. The summed E-state index contributed by atoms with van der Waals surface area (Å²) < 4.78 is 5.58. The highest BCUT2D eigenvalue weighted by Gasteiger charge is 2.20. The van der Waals surface area contributed by atoms with Crippen LogP contribution in [-0.2, 0) is 4.74 Å². The molecule has 0 unspecified atom stereocenters. The maximum absolute atomic E-state index is 9.28. The number of nitriles is 1. The normalized spacial score (nSPS) is 14.1. The van der Waals surface area contributed by atoms with Crippen molar-refractivity contribution in [3.8, 4) is 6.07 Å². The molecule has 4 heteroatoms. The summed E-state index contributed by atoms with van der Waals surface area (Å²) in [7, 11) is 0. The fourth-order valence-electron chi connectivity index (χ4n) is 1.86. The molecule has 0 aromatic heterocycles. The van der Waals surface area contributed by atoms with Crippen molar-refractivity contribution in [2.75, 3.05) is 30.8 Å². The Labute approximate surface area is 119 Å². The fourth-order valence-corrected chi connectivity index (χ4v) is 2.65. The quantitative estimate of drug-likeness (QED) is 0.583. The minimum Gasteiger partial charge on any atom is -0.382 e. The highest BCUT2D eigenvalue weighted by molar-refractivity contribution is 7.99. The summed E-state index contributed by atoms with van der Waals surface area (Å²) in [5.74, 6) is 1.78. The van der Waals surface area contributed by atoms with E-state index in [-0.39, 0.29) is 0 Å². The van der Waals surface area contributed by atoms with Gasteiger partial charge in [0.25, 0.3) is 0 Å². The van der Waals surface area contributed by atoms with Crippen LogP contribution in [0.4, 0.5) is 5.69 Å². The van der Waals surface area contributed by atoms with Crippen molar-refractivity contribution in [3.63, 3.8) is 0 Å². The number of thioether (sulfide) groups is 1. The van der Waals surface area contributed by atoms with Crippen LogP contribution in [0.5, 0.6) is 0 Å². The van der Waals surface area contributed by atoms with E-state index in [1.54, 1.807) is 11.8 Å². The third kappa shape index (κ3) is 4.45. The molecule has 0 amide bonds. The van der Waals surface area contributed by atoms with E-state index in [1.807, 2.05) is 18.2 Å². The van der Waals surface area contributed by atoms with Crippen LogP contribution in [0.2, 0.25) is 0 Å². The molecule has 2 rings (SSSR count). The van der Waals surface area contributed by atoms with Gasteiger partial charge in [-0.1, -0.05) is 13.0 Å². The first-order valence-corrected chi connectivity index (χ1v) is 7.81. The molecule has 0 radical (unpaired) electrons. The van der Waals surface area contributed by atoms with Crippen molar-refractivity contribution in [3.05, 3.63) is 23.8 Å². The monoisotopic (exact) mass is 276 g/mol. The maximum Gasteiger partial charge on any atom is 0.102 e. The van der Waals surface area contributed by atoms with Gasteiger partial charge in [-0.15, -0.1) is 11.8 Å². The molecule has 0 spiro atoms. The number of benzene rings is 1. The predicted molar refractivity (Wildman–Crippen MR) is 79.6 cm³/mol. The van der Waals surface area contributed by atoms with Crippen LogP contribution in [0.15, 0.2) is 23.1 Å². The van der Waals surface area contributed by atoms with Gasteiger partial charge < -0.3 is 10.1 Å². The third-order valence-electron chi connectivity index (χ3n) is 3.05. The first-order chi connectivity index (χ1) is 9.35. The summed E-state index contributed by atoms with van der Waals surface area (Å²) in [6.45, 7) is 4.43. The average Bonchev–Trinajstić information content (AvgIpc) is 3.23. The largest absolute Gasteiger partial charge is 0.382 e. The first kappa shape index (κ1) is 14.2. The Hall–Kier alpha value is -1.18. The smallest absolute Gasteiger partial charge is 0.102 e. The minimum absolute atomic E-state index is 0.701. The van der Waals surface area contributed by atoms with Crippen LogP contribution in [-0.4, -0.2) is 25.5 Å².